The summed E-state index contributed by atoms with van der Waals surface area (Å²) in [4.78, 5) is 20.5. The van der Waals surface area contributed by atoms with Gasteiger partial charge in [-0.25, -0.2) is 0 Å². The molecule has 1 aromatic rings. The van der Waals surface area contributed by atoms with Crippen LogP contribution < -0.4 is 5.43 Å². The molecular formula is C7H7NO2. The van der Waals surface area contributed by atoms with Gasteiger partial charge >= 0.3 is 0 Å². The maximum absolute atomic E-state index is 10.5. The van der Waals surface area contributed by atoms with Crippen LogP contribution in [0.15, 0.2) is 29.3 Å². The highest BCUT2D eigenvalue weighted by atomic mass is 16.1. The summed E-state index contributed by atoms with van der Waals surface area (Å²) in [7, 11) is 0. The van der Waals surface area contributed by atoms with Gasteiger partial charge in [0.1, 0.15) is 6.29 Å². The molecule has 0 N–H and O–H groups in total. The van der Waals surface area contributed by atoms with Gasteiger partial charge in [0.05, 0.1) is 6.54 Å². The van der Waals surface area contributed by atoms with Gasteiger partial charge in [0.25, 0.3) is 0 Å². The number of aromatic nitrogens is 1. The van der Waals surface area contributed by atoms with Crippen molar-refractivity contribution < 1.29 is 4.79 Å². The molecule has 0 aromatic carbocycles. The van der Waals surface area contributed by atoms with Crippen molar-refractivity contribution in [2.24, 2.45) is 0 Å². The minimum atomic E-state index is -0.0397. The Morgan fingerprint density at radius 1 is 1.40 bits per heavy atom. The van der Waals surface area contributed by atoms with Crippen molar-refractivity contribution in [2.75, 3.05) is 0 Å². The van der Waals surface area contributed by atoms with Crippen LogP contribution in [0.4, 0.5) is 0 Å². The Kier molecular flexibility index (Phi) is 1.99. The second-order valence-corrected chi connectivity index (χ2v) is 1.90. The molecule has 3 heteroatoms. The maximum Gasteiger partial charge on any atom is 0.181 e. The molecule has 0 aliphatic carbocycles. The van der Waals surface area contributed by atoms with Crippen molar-refractivity contribution in [3.05, 3.63) is 34.7 Å². The van der Waals surface area contributed by atoms with Crippen LogP contribution in [0.25, 0.3) is 0 Å². The lowest BCUT2D eigenvalue weighted by Crippen LogP contribution is -2.03. The molecule has 0 atom stereocenters. The molecule has 0 saturated heterocycles. The predicted octanol–water partition coefficient (Wildman–Crippen LogP) is 0.0472. The fourth-order valence-electron chi connectivity index (χ4n) is 0.651. The van der Waals surface area contributed by atoms with Crippen LogP contribution in [-0.4, -0.2) is 10.9 Å². The van der Waals surface area contributed by atoms with E-state index in [9.17, 15) is 9.59 Å². The van der Waals surface area contributed by atoms with E-state index in [-0.39, 0.29) is 5.43 Å². The highest BCUT2D eigenvalue weighted by Crippen LogP contribution is 1.79. The number of hydrogen-bond acceptors (Lipinski definition) is 2. The number of carbonyl (C=O) groups excluding carboxylic acids is 1. The number of aldehydes is 1. The van der Waals surface area contributed by atoms with E-state index in [1.165, 1.54) is 12.1 Å². The quantitative estimate of drug-likeness (QED) is 0.540. The van der Waals surface area contributed by atoms with Crippen molar-refractivity contribution >= 4 is 6.29 Å². The van der Waals surface area contributed by atoms with E-state index >= 15 is 0 Å². The third kappa shape index (κ3) is 1.55. The van der Waals surface area contributed by atoms with Gasteiger partial charge in [-0.3, -0.25) is 4.79 Å². The van der Waals surface area contributed by atoms with E-state index in [2.05, 4.69) is 0 Å². The first kappa shape index (κ1) is 6.74. The Balaban J connectivity index is 2.89. The first-order valence-electron chi connectivity index (χ1n) is 2.92. The molecule has 0 aliphatic heterocycles. The summed E-state index contributed by atoms with van der Waals surface area (Å²) in [6, 6.07) is 2.84. The lowest BCUT2D eigenvalue weighted by atomic mass is 10.4. The smallest absolute Gasteiger partial charge is 0.181 e. The molecule has 3 nitrogen and oxygen atoms in total. The van der Waals surface area contributed by atoms with Crippen LogP contribution in [-0.2, 0) is 11.3 Å². The Morgan fingerprint density at radius 2 is 2.00 bits per heavy atom. The van der Waals surface area contributed by atoms with Crippen LogP contribution in [0.2, 0.25) is 0 Å². The minimum Gasteiger partial charge on any atom is -0.347 e. The molecule has 1 rings (SSSR count). The van der Waals surface area contributed by atoms with Crippen LogP contribution in [0.1, 0.15) is 0 Å². The molecule has 0 amide bonds. The van der Waals surface area contributed by atoms with Crippen molar-refractivity contribution in [3.8, 4) is 0 Å². The van der Waals surface area contributed by atoms with E-state index in [1.54, 1.807) is 17.0 Å². The van der Waals surface area contributed by atoms with Gasteiger partial charge in [-0.05, 0) is 0 Å². The molecule has 1 aromatic heterocycles. The third-order valence-electron chi connectivity index (χ3n) is 1.15. The fraction of sp³-hybridized carbons (Fsp3) is 0.143. The fourth-order valence-corrected chi connectivity index (χ4v) is 0.651. The summed E-state index contributed by atoms with van der Waals surface area (Å²) in [5, 5.41) is 0. The van der Waals surface area contributed by atoms with E-state index in [0.717, 1.165) is 6.29 Å². The van der Waals surface area contributed by atoms with E-state index < -0.39 is 0 Å². The first-order valence-corrected chi connectivity index (χ1v) is 2.92. The summed E-state index contributed by atoms with van der Waals surface area (Å²) in [5.74, 6) is 0. The first-order chi connectivity index (χ1) is 4.83. The Morgan fingerprint density at radius 3 is 2.50 bits per heavy atom. The minimum absolute atomic E-state index is 0.0397. The van der Waals surface area contributed by atoms with E-state index in [0.29, 0.717) is 6.54 Å². The standard InChI is InChI=1S/C7H7NO2/c9-6-5-8-3-1-7(10)2-4-8/h1-4,6H,5H2. The third-order valence-corrected chi connectivity index (χ3v) is 1.15. The Hall–Kier alpha value is -1.38. The lowest BCUT2D eigenvalue weighted by Gasteiger charge is -1.96. The highest BCUT2D eigenvalue weighted by molar-refractivity contribution is 5.48. The zero-order valence-corrected chi connectivity index (χ0v) is 5.36. The zero-order valence-electron chi connectivity index (χ0n) is 5.36. The molecular weight excluding hydrogens is 130 g/mol. The van der Waals surface area contributed by atoms with Crippen molar-refractivity contribution in [1.82, 2.24) is 4.57 Å². The summed E-state index contributed by atoms with van der Waals surface area (Å²) in [6.07, 6.45) is 3.94. The van der Waals surface area contributed by atoms with Crippen molar-refractivity contribution in [3.63, 3.8) is 0 Å². The summed E-state index contributed by atoms with van der Waals surface area (Å²) >= 11 is 0. The largest absolute Gasteiger partial charge is 0.347 e. The van der Waals surface area contributed by atoms with Crippen molar-refractivity contribution in [2.45, 2.75) is 6.54 Å². The molecule has 1 heterocycles. The van der Waals surface area contributed by atoms with Gasteiger partial charge in [0.2, 0.25) is 0 Å². The molecule has 0 unspecified atom stereocenters. The second-order valence-electron chi connectivity index (χ2n) is 1.90. The number of pyridine rings is 1. The second kappa shape index (κ2) is 2.96. The number of nitrogens with zero attached hydrogens (tertiary/aromatic N) is 1. The number of carbonyl (C=O) groups is 1. The Bertz CT molecular complexity index is 257. The van der Waals surface area contributed by atoms with Crippen LogP contribution in [0.5, 0.6) is 0 Å². The monoisotopic (exact) mass is 137 g/mol. The molecule has 10 heavy (non-hydrogen) atoms. The Labute approximate surface area is 57.9 Å². The topological polar surface area (TPSA) is 39.1 Å². The summed E-state index contributed by atoms with van der Waals surface area (Å²) in [6.45, 7) is 0.306. The molecule has 0 fully saturated rings. The van der Waals surface area contributed by atoms with E-state index in [1.807, 2.05) is 0 Å². The molecule has 0 saturated carbocycles. The normalized spacial score (nSPS) is 9.20. The highest BCUT2D eigenvalue weighted by Gasteiger charge is 1.84. The van der Waals surface area contributed by atoms with Crippen LogP contribution in [0.3, 0.4) is 0 Å². The van der Waals surface area contributed by atoms with Gasteiger partial charge in [-0.2, -0.15) is 0 Å². The van der Waals surface area contributed by atoms with Crippen LogP contribution >= 0.6 is 0 Å². The number of hydrogen-bond donors (Lipinski definition) is 0. The molecule has 0 aliphatic rings. The molecule has 0 spiro atoms. The van der Waals surface area contributed by atoms with Crippen molar-refractivity contribution in [1.29, 1.82) is 0 Å². The van der Waals surface area contributed by atoms with Gasteiger partial charge < -0.3 is 9.36 Å². The van der Waals surface area contributed by atoms with Gasteiger partial charge in [-0.1, -0.05) is 0 Å². The molecule has 0 bridgehead atoms. The lowest BCUT2D eigenvalue weighted by molar-refractivity contribution is -0.108. The summed E-state index contributed by atoms with van der Waals surface area (Å²) < 4.78 is 1.63. The van der Waals surface area contributed by atoms with Gasteiger partial charge in [-0.15, -0.1) is 0 Å². The van der Waals surface area contributed by atoms with Crippen LogP contribution in [0, 0.1) is 0 Å². The molecule has 52 valence electrons. The van der Waals surface area contributed by atoms with E-state index in [4.69, 9.17) is 0 Å². The zero-order chi connectivity index (χ0) is 7.40. The predicted molar refractivity (Wildman–Crippen MR) is 36.8 cm³/mol. The molecule has 0 radical (unpaired) electrons. The number of rotatable bonds is 2. The average Bonchev–Trinajstić information content (AvgIpc) is 1.95. The summed E-state index contributed by atoms with van der Waals surface area (Å²) in [5.41, 5.74) is -0.0397. The maximum atomic E-state index is 10.5. The SMILES string of the molecule is O=CCn1ccc(=O)cc1. The van der Waals surface area contributed by atoms with Gasteiger partial charge in [0.15, 0.2) is 5.43 Å². The van der Waals surface area contributed by atoms with Gasteiger partial charge in [0, 0.05) is 24.5 Å². The average molecular weight is 137 g/mol.